The van der Waals surface area contributed by atoms with E-state index >= 15 is 0 Å². The number of aromatic carboxylic acids is 1. The van der Waals surface area contributed by atoms with Crippen LogP contribution in [0.1, 0.15) is 51.9 Å². The maximum absolute atomic E-state index is 11.4. The molecule has 0 atom stereocenters. The normalized spacial score (nSPS) is 12.7. The van der Waals surface area contributed by atoms with E-state index in [-0.39, 0.29) is 0 Å². The Bertz CT molecular complexity index is 397. The van der Waals surface area contributed by atoms with Crippen molar-refractivity contribution in [3.05, 3.63) is 17.9 Å². The van der Waals surface area contributed by atoms with Gasteiger partial charge in [0, 0.05) is 0 Å². The second-order valence-corrected chi connectivity index (χ2v) is 11.6. The molecule has 18 heavy (non-hydrogen) atoms. The molecule has 1 N–H and O–H groups in total. The third-order valence-corrected chi connectivity index (χ3v) is 11.1. The van der Waals surface area contributed by atoms with Gasteiger partial charge in [-0.25, -0.2) is 4.79 Å². The maximum atomic E-state index is 11.4. The highest BCUT2D eigenvalue weighted by Gasteiger charge is 2.49. The SMILES string of the molecule is CC(C)[Si](c1occc1C(=O)O)(C(C)C)C(C)C. The molecule has 0 spiro atoms. The number of carboxylic acids is 1. The fourth-order valence-electron chi connectivity index (χ4n) is 3.60. The zero-order valence-electron chi connectivity index (χ0n) is 12.2. The lowest BCUT2D eigenvalue weighted by Gasteiger charge is -2.41. The molecule has 0 saturated carbocycles. The number of hydrogen-bond acceptors (Lipinski definition) is 2. The number of carbonyl (C=O) groups is 1. The Morgan fingerprint density at radius 2 is 1.56 bits per heavy atom. The summed E-state index contributed by atoms with van der Waals surface area (Å²) in [5.41, 5.74) is 1.70. The van der Waals surface area contributed by atoms with Gasteiger partial charge in [0.15, 0.2) is 0 Å². The third-order valence-electron chi connectivity index (χ3n) is 4.15. The van der Waals surface area contributed by atoms with Crippen LogP contribution in [0.2, 0.25) is 16.6 Å². The van der Waals surface area contributed by atoms with E-state index in [0.717, 1.165) is 5.38 Å². The van der Waals surface area contributed by atoms with E-state index in [0.29, 0.717) is 22.2 Å². The van der Waals surface area contributed by atoms with Gasteiger partial charge in [0.2, 0.25) is 0 Å². The van der Waals surface area contributed by atoms with Gasteiger partial charge in [-0.1, -0.05) is 41.5 Å². The molecule has 3 nitrogen and oxygen atoms in total. The van der Waals surface area contributed by atoms with Gasteiger partial charge < -0.3 is 9.52 Å². The Morgan fingerprint density at radius 3 is 1.89 bits per heavy atom. The van der Waals surface area contributed by atoms with E-state index < -0.39 is 14.0 Å². The highest BCUT2D eigenvalue weighted by Crippen LogP contribution is 2.41. The predicted molar refractivity (Wildman–Crippen MR) is 76.3 cm³/mol. The minimum atomic E-state index is -2.01. The van der Waals surface area contributed by atoms with Crippen molar-refractivity contribution in [2.24, 2.45) is 0 Å². The van der Waals surface area contributed by atoms with Crippen molar-refractivity contribution in [1.29, 1.82) is 0 Å². The molecule has 0 fully saturated rings. The minimum absolute atomic E-state index is 0.359. The molecule has 0 aromatic carbocycles. The standard InChI is InChI=1S/C14H24O3Si/c1-9(2)18(10(3)4,11(5)6)14-12(13(15)16)7-8-17-14/h7-11H,1-6H3,(H,15,16). The Balaban J connectivity index is 3.52. The number of carboxylic acid groups (broad SMARTS) is 1. The van der Waals surface area contributed by atoms with Gasteiger partial charge in [0.05, 0.1) is 17.2 Å². The topological polar surface area (TPSA) is 50.4 Å². The molecule has 0 aliphatic carbocycles. The van der Waals surface area contributed by atoms with Crippen LogP contribution in [0.5, 0.6) is 0 Å². The van der Waals surface area contributed by atoms with Crippen LogP contribution in [0, 0.1) is 0 Å². The summed E-state index contributed by atoms with van der Waals surface area (Å²) in [7, 11) is -2.01. The zero-order valence-corrected chi connectivity index (χ0v) is 13.2. The van der Waals surface area contributed by atoms with E-state index in [9.17, 15) is 9.90 Å². The molecule has 0 unspecified atom stereocenters. The average molecular weight is 268 g/mol. The van der Waals surface area contributed by atoms with Crippen molar-refractivity contribution in [2.45, 2.75) is 58.2 Å². The first kappa shape index (κ1) is 15.0. The van der Waals surface area contributed by atoms with Crippen molar-refractivity contribution in [3.8, 4) is 0 Å². The summed E-state index contributed by atoms with van der Waals surface area (Å²) in [6.45, 7) is 13.2. The van der Waals surface area contributed by atoms with Crippen LogP contribution in [-0.2, 0) is 0 Å². The van der Waals surface area contributed by atoms with Crippen molar-refractivity contribution in [3.63, 3.8) is 0 Å². The Kier molecular flexibility index (Phi) is 4.43. The molecule has 0 aliphatic rings. The summed E-state index contributed by atoms with van der Waals surface area (Å²) in [5.74, 6) is -0.877. The fourth-order valence-corrected chi connectivity index (χ4v) is 10.1. The number of rotatable bonds is 5. The first-order valence-corrected chi connectivity index (χ1v) is 8.80. The number of furan rings is 1. The second kappa shape index (κ2) is 5.30. The van der Waals surface area contributed by atoms with E-state index in [4.69, 9.17) is 4.42 Å². The molecule has 0 amide bonds. The van der Waals surface area contributed by atoms with Crippen LogP contribution < -0.4 is 5.38 Å². The fraction of sp³-hybridized carbons (Fsp3) is 0.643. The van der Waals surface area contributed by atoms with Gasteiger partial charge >= 0.3 is 5.97 Å². The number of hydrogen-bond donors (Lipinski definition) is 1. The summed E-state index contributed by atoms with van der Waals surface area (Å²) in [6, 6.07) is 1.59. The maximum Gasteiger partial charge on any atom is 0.338 e. The van der Waals surface area contributed by atoms with Crippen molar-refractivity contribution < 1.29 is 14.3 Å². The summed E-state index contributed by atoms with van der Waals surface area (Å²) in [5, 5.41) is 10.1. The largest absolute Gasteiger partial charge is 0.478 e. The molecule has 102 valence electrons. The smallest absolute Gasteiger partial charge is 0.338 e. The van der Waals surface area contributed by atoms with Crippen LogP contribution >= 0.6 is 0 Å². The molecular formula is C14H24O3Si. The minimum Gasteiger partial charge on any atom is -0.478 e. The average Bonchev–Trinajstić information content (AvgIpc) is 2.65. The highest BCUT2D eigenvalue weighted by atomic mass is 28.3. The lowest BCUT2D eigenvalue weighted by atomic mass is 10.3. The van der Waals surface area contributed by atoms with Crippen LogP contribution in [0.15, 0.2) is 16.7 Å². The molecule has 1 aromatic heterocycles. The summed E-state index contributed by atoms with van der Waals surface area (Å²) in [6.07, 6.45) is 1.52. The van der Waals surface area contributed by atoms with Gasteiger partial charge in [-0.15, -0.1) is 0 Å². The molecule has 4 heteroatoms. The van der Waals surface area contributed by atoms with Crippen molar-refractivity contribution in [1.82, 2.24) is 0 Å². The highest BCUT2D eigenvalue weighted by molar-refractivity contribution is 6.94. The lowest BCUT2D eigenvalue weighted by Crippen LogP contribution is -2.56. The quantitative estimate of drug-likeness (QED) is 0.825. The van der Waals surface area contributed by atoms with Crippen LogP contribution in [0.25, 0.3) is 0 Å². The van der Waals surface area contributed by atoms with Gasteiger partial charge in [0.25, 0.3) is 0 Å². The van der Waals surface area contributed by atoms with Gasteiger partial charge in [-0.3, -0.25) is 0 Å². The molecule has 1 heterocycles. The summed E-state index contributed by atoms with van der Waals surface area (Å²) < 4.78 is 5.66. The molecule has 1 rings (SSSR count). The van der Waals surface area contributed by atoms with E-state index in [2.05, 4.69) is 41.5 Å². The second-order valence-electron chi connectivity index (χ2n) is 5.87. The monoisotopic (exact) mass is 268 g/mol. The molecule has 0 saturated heterocycles. The van der Waals surface area contributed by atoms with Gasteiger partial charge in [-0.05, 0) is 22.7 Å². The predicted octanol–water partition coefficient (Wildman–Crippen LogP) is 3.86. The third kappa shape index (κ3) is 2.14. The van der Waals surface area contributed by atoms with E-state index in [1.165, 1.54) is 6.26 Å². The molecular weight excluding hydrogens is 244 g/mol. The lowest BCUT2D eigenvalue weighted by molar-refractivity contribution is 0.0698. The van der Waals surface area contributed by atoms with E-state index in [1.54, 1.807) is 6.07 Å². The Morgan fingerprint density at radius 1 is 1.11 bits per heavy atom. The Labute approximate surface area is 110 Å². The Hall–Kier alpha value is -1.03. The van der Waals surface area contributed by atoms with Gasteiger partial charge in [-0.2, -0.15) is 0 Å². The van der Waals surface area contributed by atoms with Crippen LogP contribution in [0.3, 0.4) is 0 Å². The van der Waals surface area contributed by atoms with Gasteiger partial charge in [0.1, 0.15) is 8.07 Å². The van der Waals surface area contributed by atoms with Crippen molar-refractivity contribution >= 4 is 19.4 Å². The molecule has 0 radical (unpaired) electrons. The summed E-state index contributed by atoms with van der Waals surface area (Å²) in [4.78, 5) is 11.4. The molecule has 0 bridgehead atoms. The van der Waals surface area contributed by atoms with E-state index in [1.807, 2.05) is 0 Å². The molecule has 0 aliphatic heterocycles. The molecule has 1 aromatic rings. The first-order chi connectivity index (χ1) is 8.26. The van der Waals surface area contributed by atoms with Crippen LogP contribution in [0.4, 0.5) is 0 Å². The van der Waals surface area contributed by atoms with Crippen molar-refractivity contribution in [2.75, 3.05) is 0 Å². The first-order valence-electron chi connectivity index (χ1n) is 6.57. The summed E-state index contributed by atoms with van der Waals surface area (Å²) >= 11 is 0. The van der Waals surface area contributed by atoms with Crippen LogP contribution in [-0.4, -0.2) is 19.1 Å². The zero-order chi connectivity index (χ0) is 14.1.